The molecule has 0 aliphatic heterocycles. The molecule has 0 nitrogen and oxygen atoms in total. The number of rotatable bonds is 0. The summed E-state index contributed by atoms with van der Waals surface area (Å²) in [7, 11) is 0. The first-order chi connectivity index (χ1) is 4.39. The molecule has 0 aromatic rings. The van der Waals surface area contributed by atoms with Crippen LogP contribution < -0.4 is 0 Å². The summed E-state index contributed by atoms with van der Waals surface area (Å²) in [6, 6.07) is 0. The number of halogens is 2. The zero-order valence-corrected chi connectivity index (χ0v) is 10.1. The van der Waals surface area contributed by atoms with Crippen LogP contribution in [0.2, 0.25) is 0 Å². The molecule has 1 rings (SSSR count). The second-order valence-electron chi connectivity index (χ2n) is 2.25. The SMILES string of the molecule is Cl.Cl.[Pt][C]1=CC=CCCCC1. The van der Waals surface area contributed by atoms with E-state index in [1.165, 1.54) is 29.6 Å². The molecular formula is C8H13Cl2Pt. The van der Waals surface area contributed by atoms with E-state index in [1.807, 2.05) is 0 Å². The minimum atomic E-state index is 0. The van der Waals surface area contributed by atoms with Crippen molar-refractivity contribution < 1.29 is 19.8 Å². The molecular weight excluding hydrogens is 362 g/mol. The summed E-state index contributed by atoms with van der Waals surface area (Å²) in [4.78, 5) is 0. The van der Waals surface area contributed by atoms with Crippen molar-refractivity contribution >= 4 is 24.8 Å². The third-order valence-electron chi connectivity index (χ3n) is 1.42. The summed E-state index contributed by atoms with van der Waals surface area (Å²) in [5, 5.41) is 0. The topological polar surface area (TPSA) is 0 Å². The molecule has 0 heterocycles. The quantitative estimate of drug-likeness (QED) is 0.609. The Balaban J connectivity index is 0. The Bertz CT molecular complexity index is 141. The van der Waals surface area contributed by atoms with Gasteiger partial charge in [-0.2, -0.15) is 0 Å². The van der Waals surface area contributed by atoms with Gasteiger partial charge in [0, 0.05) is 0 Å². The molecule has 0 amide bonds. The normalized spacial score (nSPS) is 16.7. The van der Waals surface area contributed by atoms with Crippen LogP contribution in [0.1, 0.15) is 25.7 Å². The number of hydrogen-bond acceptors (Lipinski definition) is 0. The minimum absolute atomic E-state index is 0. The van der Waals surface area contributed by atoms with Crippen LogP contribution in [0, 0.1) is 0 Å². The predicted molar refractivity (Wildman–Crippen MR) is 50.2 cm³/mol. The van der Waals surface area contributed by atoms with Gasteiger partial charge in [-0.25, -0.2) is 0 Å². The van der Waals surface area contributed by atoms with Crippen LogP contribution in [-0.4, -0.2) is 0 Å². The van der Waals surface area contributed by atoms with Crippen LogP contribution in [0.5, 0.6) is 0 Å². The van der Waals surface area contributed by atoms with E-state index in [1.54, 1.807) is 0 Å². The first kappa shape index (κ1) is 14.3. The number of allylic oxidation sites excluding steroid dienone is 4. The Morgan fingerprint density at radius 3 is 2.64 bits per heavy atom. The van der Waals surface area contributed by atoms with Crippen molar-refractivity contribution in [3.8, 4) is 0 Å². The van der Waals surface area contributed by atoms with Crippen molar-refractivity contribution in [3.05, 3.63) is 22.2 Å². The third-order valence-corrected chi connectivity index (χ3v) is 2.37. The molecule has 0 radical (unpaired) electrons. The maximum absolute atomic E-state index is 2.39. The van der Waals surface area contributed by atoms with Crippen molar-refractivity contribution in [2.45, 2.75) is 25.7 Å². The summed E-state index contributed by atoms with van der Waals surface area (Å²) < 4.78 is 1.49. The Labute approximate surface area is 92.2 Å². The fourth-order valence-corrected chi connectivity index (χ4v) is 1.51. The first-order valence-corrected chi connectivity index (χ1v) is 4.51. The third kappa shape index (κ3) is 7.12. The molecule has 0 N–H and O–H groups in total. The molecule has 3 heteroatoms. The zero-order chi connectivity index (χ0) is 6.53. The van der Waals surface area contributed by atoms with Gasteiger partial charge in [-0.05, 0) is 0 Å². The first-order valence-electron chi connectivity index (χ1n) is 3.38. The van der Waals surface area contributed by atoms with Crippen molar-refractivity contribution in [2.75, 3.05) is 0 Å². The van der Waals surface area contributed by atoms with Crippen molar-refractivity contribution in [2.24, 2.45) is 0 Å². The fourth-order valence-electron chi connectivity index (χ4n) is 0.891. The van der Waals surface area contributed by atoms with Crippen molar-refractivity contribution in [1.82, 2.24) is 0 Å². The summed E-state index contributed by atoms with van der Waals surface area (Å²) in [5.41, 5.74) is 0. The predicted octanol–water partition coefficient (Wildman–Crippen LogP) is 3.39. The standard InChI is InChI=1S/C8H11.2ClH.Pt/c1-2-4-6-8-7-5-3-1;;;/h1-3H,4,6-8H2;2*1H;. The van der Waals surface area contributed by atoms with E-state index >= 15 is 0 Å². The second-order valence-corrected chi connectivity index (χ2v) is 3.71. The van der Waals surface area contributed by atoms with E-state index in [-0.39, 0.29) is 24.8 Å². The average Bonchev–Trinajstić information content (AvgIpc) is 1.79. The van der Waals surface area contributed by atoms with Crippen LogP contribution in [0.25, 0.3) is 0 Å². The van der Waals surface area contributed by atoms with E-state index < -0.39 is 0 Å². The zero-order valence-electron chi connectivity index (χ0n) is 6.19. The van der Waals surface area contributed by atoms with E-state index in [2.05, 4.69) is 38.0 Å². The van der Waals surface area contributed by atoms with Crippen LogP contribution in [-0.2, 0) is 19.8 Å². The van der Waals surface area contributed by atoms with Gasteiger partial charge in [-0.3, -0.25) is 0 Å². The van der Waals surface area contributed by atoms with Gasteiger partial charge in [0.05, 0.1) is 0 Å². The molecule has 0 atom stereocenters. The molecule has 0 fully saturated rings. The van der Waals surface area contributed by atoms with E-state index in [0.717, 1.165) is 0 Å². The monoisotopic (exact) mass is 374 g/mol. The molecule has 0 saturated carbocycles. The van der Waals surface area contributed by atoms with Gasteiger partial charge in [-0.1, -0.05) is 0 Å². The molecule has 0 aromatic carbocycles. The van der Waals surface area contributed by atoms with Gasteiger partial charge in [0.2, 0.25) is 0 Å². The van der Waals surface area contributed by atoms with E-state index in [9.17, 15) is 0 Å². The van der Waals surface area contributed by atoms with Crippen molar-refractivity contribution in [3.63, 3.8) is 0 Å². The van der Waals surface area contributed by atoms with Gasteiger partial charge in [0.1, 0.15) is 0 Å². The van der Waals surface area contributed by atoms with Gasteiger partial charge >= 0.3 is 67.7 Å². The second kappa shape index (κ2) is 8.84. The van der Waals surface area contributed by atoms with Crippen LogP contribution in [0.15, 0.2) is 22.2 Å². The van der Waals surface area contributed by atoms with Gasteiger partial charge < -0.3 is 0 Å². The molecule has 11 heavy (non-hydrogen) atoms. The Morgan fingerprint density at radius 2 is 1.91 bits per heavy atom. The number of hydrogen-bond donors (Lipinski definition) is 0. The summed E-state index contributed by atoms with van der Waals surface area (Å²) in [6.07, 6.45) is 11.9. The molecule has 1 aliphatic rings. The van der Waals surface area contributed by atoms with E-state index in [4.69, 9.17) is 0 Å². The van der Waals surface area contributed by atoms with Crippen LogP contribution in [0.4, 0.5) is 0 Å². The summed E-state index contributed by atoms with van der Waals surface area (Å²) >= 11 is 2.39. The molecule has 0 spiro atoms. The molecule has 0 unspecified atom stereocenters. The fraction of sp³-hybridized carbons (Fsp3) is 0.500. The van der Waals surface area contributed by atoms with Gasteiger partial charge in [0.15, 0.2) is 0 Å². The molecule has 0 aromatic heterocycles. The Kier molecular flexibility index (Phi) is 11.5. The van der Waals surface area contributed by atoms with Gasteiger partial charge in [0.25, 0.3) is 0 Å². The maximum atomic E-state index is 2.39. The summed E-state index contributed by atoms with van der Waals surface area (Å²) in [5.74, 6) is 0. The molecule has 1 aliphatic carbocycles. The summed E-state index contributed by atoms with van der Waals surface area (Å²) in [6.45, 7) is 0. The van der Waals surface area contributed by atoms with Crippen LogP contribution >= 0.6 is 24.8 Å². The average molecular weight is 375 g/mol. The molecule has 0 saturated heterocycles. The van der Waals surface area contributed by atoms with E-state index in [0.29, 0.717) is 0 Å². The van der Waals surface area contributed by atoms with Crippen LogP contribution in [0.3, 0.4) is 0 Å². The van der Waals surface area contributed by atoms with Gasteiger partial charge in [-0.15, -0.1) is 24.8 Å². The Hall–Kier alpha value is 0.748. The molecule has 69 valence electrons. The Morgan fingerprint density at radius 1 is 1.18 bits per heavy atom. The molecule has 0 bridgehead atoms. The van der Waals surface area contributed by atoms with Crippen molar-refractivity contribution in [1.29, 1.82) is 0 Å².